The first-order valence-electron chi connectivity index (χ1n) is 5.37. The minimum atomic E-state index is -0.146. The van der Waals surface area contributed by atoms with E-state index in [1.54, 1.807) is 11.8 Å². The molecule has 2 N–H and O–H groups in total. The van der Waals surface area contributed by atoms with Crippen LogP contribution in [0.2, 0.25) is 0 Å². The van der Waals surface area contributed by atoms with Gasteiger partial charge in [0.15, 0.2) is 0 Å². The van der Waals surface area contributed by atoms with E-state index in [2.05, 4.69) is 10.6 Å². The average Bonchev–Trinajstić information content (AvgIpc) is 2.28. The number of hydrogen-bond acceptors (Lipinski definition) is 2. The molecule has 0 saturated heterocycles. The first-order chi connectivity index (χ1) is 7.65. The van der Waals surface area contributed by atoms with Gasteiger partial charge in [0.05, 0.1) is 0 Å². The molecule has 0 aliphatic carbocycles. The number of benzene rings is 1. The van der Waals surface area contributed by atoms with Crippen molar-refractivity contribution in [3.63, 3.8) is 0 Å². The summed E-state index contributed by atoms with van der Waals surface area (Å²) in [5.74, 6) is 0. The maximum absolute atomic E-state index is 11.6. The van der Waals surface area contributed by atoms with Crippen molar-refractivity contribution >= 4 is 23.5 Å². The second-order valence-corrected chi connectivity index (χ2v) is 4.52. The van der Waals surface area contributed by atoms with Gasteiger partial charge in [-0.15, -0.1) is 11.8 Å². The normalized spacial score (nSPS) is 11.9. The second-order valence-electron chi connectivity index (χ2n) is 3.64. The van der Waals surface area contributed by atoms with E-state index in [9.17, 15) is 4.79 Å². The van der Waals surface area contributed by atoms with Crippen molar-refractivity contribution in [2.45, 2.75) is 31.2 Å². The molecule has 0 heterocycles. The summed E-state index contributed by atoms with van der Waals surface area (Å²) < 4.78 is 0. The first kappa shape index (κ1) is 12.9. The summed E-state index contributed by atoms with van der Waals surface area (Å²) in [5, 5.41) is 5.68. The summed E-state index contributed by atoms with van der Waals surface area (Å²) in [4.78, 5) is 12.7. The standard InChI is InChI=1S/C12H18N2OS/c1-4-9(2)13-12(15)14-10-6-5-7-11(8-10)16-3/h5-9H,4H2,1-3H3,(H2,13,14,15)/t9-/m1/s1. The molecule has 1 aromatic rings. The van der Waals surface area contributed by atoms with Crippen molar-refractivity contribution in [1.82, 2.24) is 5.32 Å². The van der Waals surface area contributed by atoms with Crippen LogP contribution in [0.1, 0.15) is 20.3 Å². The van der Waals surface area contributed by atoms with Gasteiger partial charge in [0.2, 0.25) is 0 Å². The Kier molecular flexibility index (Phi) is 5.19. The van der Waals surface area contributed by atoms with Gasteiger partial charge in [0.25, 0.3) is 0 Å². The van der Waals surface area contributed by atoms with Crippen molar-refractivity contribution in [3.8, 4) is 0 Å². The molecule has 1 atom stereocenters. The molecule has 0 aliphatic heterocycles. The number of anilines is 1. The van der Waals surface area contributed by atoms with E-state index in [1.807, 2.05) is 44.4 Å². The molecule has 16 heavy (non-hydrogen) atoms. The molecule has 1 rings (SSSR count). The van der Waals surface area contributed by atoms with E-state index in [0.29, 0.717) is 0 Å². The SMILES string of the molecule is CC[C@@H](C)NC(=O)Nc1cccc(SC)c1. The molecule has 1 aromatic carbocycles. The van der Waals surface area contributed by atoms with E-state index in [-0.39, 0.29) is 12.1 Å². The largest absolute Gasteiger partial charge is 0.335 e. The lowest BCUT2D eigenvalue weighted by molar-refractivity contribution is 0.249. The molecule has 0 spiro atoms. The van der Waals surface area contributed by atoms with Gasteiger partial charge >= 0.3 is 6.03 Å². The number of amides is 2. The van der Waals surface area contributed by atoms with Crippen LogP contribution < -0.4 is 10.6 Å². The first-order valence-corrected chi connectivity index (χ1v) is 6.59. The zero-order chi connectivity index (χ0) is 12.0. The van der Waals surface area contributed by atoms with Crippen molar-refractivity contribution in [2.24, 2.45) is 0 Å². The van der Waals surface area contributed by atoms with Gasteiger partial charge in [0, 0.05) is 16.6 Å². The van der Waals surface area contributed by atoms with Gasteiger partial charge in [-0.25, -0.2) is 4.79 Å². The zero-order valence-corrected chi connectivity index (χ0v) is 10.7. The predicted octanol–water partition coefficient (Wildman–Crippen LogP) is 3.33. The third-order valence-corrected chi connectivity index (χ3v) is 3.04. The Bertz CT molecular complexity index is 355. The average molecular weight is 238 g/mol. The van der Waals surface area contributed by atoms with Crippen LogP contribution in [0.25, 0.3) is 0 Å². The van der Waals surface area contributed by atoms with Gasteiger partial charge < -0.3 is 10.6 Å². The fraction of sp³-hybridized carbons (Fsp3) is 0.417. The zero-order valence-electron chi connectivity index (χ0n) is 9.91. The summed E-state index contributed by atoms with van der Waals surface area (Å²) in [6.07, 6.45) is 2.94. The van der Waals surface area contributed by atoms with E-state index >= 15 is 0 Å². The topological polar surface area (TPSA) is 41.1 Å². The molecular weight excluding hydrogens is 220 g/mol. The number of hydrogen-bond donors (Lipinski definition) is 2. The van der Waals surface area contributed by atoms with E-state index < -0.39 is 0 Å². The van der Waals surface area contributed by atoms with Gasteiger partial charge in [-0.1, -0.05) is 13.0 Å². The predicted molar refractivity (Wildman–Crippen MR) is 70.1 cm³/mol. The molecule has 0 saturated carbocycles. The Hall–Kier alpha value is -1.16. The van der Waals surface area contributed by atoms with Gasteiger partial charge in [-0.05, 0) is 37.8 Å². The number of carbonyl (C=O) groups excluding carboxylic acids is 1. The number of nitrogens with one attached hydrogen (secondary N) is 2. The molecule has 88 valence electrons. The highest BCUT2D eigenvalue weighted by atomic mass is 32.2. The third-order valence-electron chi connectivity index (χ3n) is 2.32. The van der Waals surface area contributed by atoms with Gasteiger partial charge in [-0.2, -0.15) is 0 Å². The molecule has 0 radical (unpaired) electrons. The number of rotatable bonds is 4. The van der Waals surface area contributed by atoms with Crippen LogP contribution >= 0.6 is 11.8 Å². The maximum atomic E-state index is 11.6. The number of thioether (sulfide) groups is 1. The molecule has 0 bridgehead atoms. The summed E-state index contributed by atoms with van der Waals surface area (Å²) in [6.45, 7) is 4.02. The molecule has 0 aromatic heterocycles. The van der Waals surface area contributed by atoms with Gasteiger partial charge in [0.1, 0.15) is 0 Å². The fourth-order valence-electron chi connectivity index (χ4n) is 1.19. The lowest BCUT2D eigenvalue weighted by Crippen LogP contribution is -2.35. The van der Waals surface area contributed by atoms with Crippen molar-refractivity contribution in [3.05, 3.63) is 24.3 Å². The number of urea groups is 1. The third kappa shape index (κ3) is 4.14. The van der Waals surface area contributed by atoms with Crippen molar-refractivity contribution in [2.75, 3.05) is 11.6 Å². The van der Waals surface area contributed by atoms with Crippen LogP contribution in [0.4, 0.5) is 10.5 Å². The van der Waals surface area contributed by atoms with E-state index in [4.69, 9.17) is 0 Å². The van der Waals surface area contributed by atoms with Crippen LogP contribution in [0.5, 0.6) is 0 Å². The highest BCUT2D eigenvalue weighted by Gasteiger charge is 2.05. The molecule has 4 heteroatoms. The van der Waals surface area contributed by atoms with Crippen molar-refractivity contribution in [1.29, 1.82) is 0 Å². The van der Waals surface area contributed by atoms with Crippen LogP contribution in [0, 0.1) is 0 Å². The number of carbonyl (C=O) groups is 1. The monoisotopic (exact) mass is 238 g/mol. The van der Waals surface area contributed by atoms with E-state index in [1.165, 1.54) is 0 Å². The Morgan fingerprint density at radius 3 is 2.88 bits per heavy atom. The summed E-state index contributed by atoms with van der Waals surface area (Å²) in [5.41, 5.74) is 0.827. The van der Waals surface area contributed by atoms with Crippen LogP contribution in [-0.4, -0.2) is 18.3 Å². The van der Waals surface area contributed by atoms with Crippen LogP contribution in [-0.2, 0) is 0 Å². The summed E-state index contributed by atoms with van der Waals surface area (Å²) in [7, 11) is 0. The Balaban J connectivity index is 2.55. The lowest BCUT2D eigenvalue weighted by atomic mass is 10.3. The second kappa shape index (κ2) is 6.43. The van der Waals surface area contributed by atoms with Crippen LogP contribution in [0.3, 0.4) is 0 Å². The molecule has 2 amide bonds. The smallest absolute Gasteiger partial charge is 0.319 e. The highest BCUT2D eigenvalue weighted by molar-refractivity contribution is 7.98. The molecule has 0 aliphatic rings. The van der Waals surface area contributed by atoms with Gasteiger partial charge in [-0.3, -0.25) is 0 Å². The van der Waals surface area contributed by atoms with Crippen molar-refractivity contribution < 1.29 is 4.79 Å². The quantitative estimate of drug-likeness (QED) is 0.790. The summed E-state index contributed by atoms with van der Waals surface area (Å²) in [6, 6.07) is 7.85. The molecule has 0 unspecified atom stereocenters. The maximum Gasteiger partial charge on any atom is 0.319 e. The Morgan fingerprint density at radius 1 is 1.50 bits per heavy atom. The molecular formula is C12H18N2OS. The minimum Gasteiger partial charge on any atom is -0.335 e. The molecule has 3 nitrogen and oxygen atoms in total. The highest BCUT2D eigenvalue weighted by Crippen LogP contribution is 2.18. The Morgan fingerprint density at radius 2 is 2.25 bits per heavy atom. The van der Waals surface area contributed by atoms with Crippen LogP contribution in [0.15, 0.2) is 29.2 Å². The Labute approximate surface area is 101 Å². The fourth-order valence-corrected chi connectivity index (χ4v) is 1.65. The summed E-state index contributed by atoms with van der Waals surface area (Å²) >= 11 is 1.66. The minimum absolute atomic E-state index is 0.146. The lowest BCUT2D eigenvalue weighted by Gasteiger charge is -2.12. The molecule has 0 fully saturated rings. The van der Waals surface area contributed by atoms with E-state index in [0.717, 1.165) is 17.0 Å².